The highest BCUT2D eigenvalue weighted by Crippen LogP contribution is 2.36. The van der Waals surface area contributed by atoms with Crippen LogP contribution in [-0.2, 0) is 16.0 Å². The average Bonchev–Trinajstić information content (AvgIpc) is 2.88. The Bertz CT molecular complexity index is 1180. The SMILES string of the molecule is O=C(CCCc1ccc2ccc3cccc4ccc1c2c34)OCCCCCCCCCCCCO. The van der Waals surface area contributed by atoms with Crippen molar-refractivity contribution in [1.29, 1.82) is 0 Å². The summed E-state index contributed by atoms with van der Waals surface area (Å²) in [5.74, 6) is -0.0643. The van der Waals surface area contributed by atoms with Crippen LogP contribution in [-0.4, -0.2) is 24.3 Å². The van der Waals surface area contributed by atoms with E-state index in [1.165, 1.54) is 76.4 Å². The molecule has 0 radical (unpaired) electrons. The van der Waals surface area contributed by atoms with E-state index in [2.05, 4.69) is 54.6 Å². The van der Waals surface area contributed by atoms with Gasteiger partial charge in [-0.3, -0.25) is 4.79 Å². The van der Waals surface area contributed by atoms with Crippen LogP contribution in [0.2, 0.25) is 0 Å². The first-order valence-corrected chi connectivity index (χ1v) is 13.7. The Kier molecular flexibility index (Phi) is 9.77. The standard InChI is InChI=1S/C32H40O3/c33-23-9-7-5-3-1-2-4-6-8-10-24-35-30(34)16-12-13-25-17-18-28-20-19-26-14-11-15-27-21-22-29(25)32(28)31(26)27/h11,14-15,17-22,33H,1-10,12-13,16,23-24H2. The first kappa shape index (κ1) is 25.4. The lowest BCUT2D eigenvalue weighted by Gasteiger charge is -2.14. The molecule has 0 aliphatic rings. The fourth-order valence-electron chi connectivity index (χ4n) is 5.32. The van der Waals surface area contributed by atoms with Gasteiger partial charge in [0.2, 0.25) is 0 Å². The lowest BCUT2D eigenvalue weighted by molar-refractivity contribution is -0.143. The Balaban J connectivity index is 1.14. The maximum Gasteiger partial charge on any atom is 0.305 e. The minimum absolute atomic E-state index is 0.0643. The van der Waals surface area contributed by atoms with Crippen LogP contribution in [0.5, 0.6) is 0 Å². The van der Waals surface area contributed by atoms with E-state index in [1.807, 2.05) is 0 Å². The van der Waals surface area contributed by atoms with E-state index in [-0.39, 0.29) is 5.97 Å². The summed E-state index contributed by atoms with van der Waals surface area (Å²) in [4.78, 5) is 12.2. The molecule has 1 N–H and O–H groups in total. The van der Waals surface area contributed by atoms with Crippen molar-refractivity contribution in [3.05, 3.63) is 60.2 Å². The molecule has 0 unspecified atom stereocenters. The van der Waals surface area contributed by atoms with Gasteiger partial charge in [-0.15, -0.1) is 0 Å². The summed E-state index contributed by atoms with van der Waals surface area (Å²) in [5, 5.41) is 16.6. The van der Waals surface area contributed by atoms with Gasteiger partial charge < -0.3 is 9.84 Å². The molecule has 3 nitrogen and oxygen atoms in total. The molecule has 4 rings (SSSR count). The predicted molar refractivity (Wildman–Crippen MR) is 147 cm³/mol. The van der Waals surface area contributed by atoms with Gasteiger partial charge in [0.05, 0.1) is 6.61 Å². The molecule has 186 valence electrons. The van der Waals surface area contributed by atoms with Crippen LogP contribution in [0.25, 0.3) is 32.3 Å². The second kappa shape index (κ2) is 13.4. The monoisotopic (exact) mass is 472 g/mol. The molecule has 35 heavy (non-hydrogen) atoms. The van der Waals surface area contributed by atoms with E-state index in [0.29, 0.717) is 19.6 Å². The lowest BCUT2D eigenvalue weighted by atomic mass is 9.90. The Morgan fingerprint density at radius 2 is 1.20 bits per heavy atom. The van der Waals surface area contributed by atoms with Crippen LogP contribution in [0.4, 0.5) is 0 Å². The molecule has 4 aromatic rings. The van der Waals surface area contributed by atoms with Crippen LogP contribution in [0.3, 0.4) is 0 Å². The van der Waals surface area contributed by atoms with Crippen LogP contribution >= 0.6 is 0 Å². The van der Waals surface area contributed by atoms with E-state index in [0.717, 1.165) is 38.5 Å². The first-order valence-electron chi connectivity index (χ1n) is 13.7. The van der Waals surface area contributed by atoms with Crippen LogP contribution in [0, 0.1) is 0 Å². The van der Waals surface area contributed by atoms with Gasteiger partial charge in [0.25, 0.3) is 0 Å². The Morgan fingerprint density at radius 1 is 0.629 bits per heavy atom. The smallest absolute Gasteiger partial charge is 0.305 e. The molecular weight excluding hydrogens is 432 g/mol. The summed E-state index contributed by atoms with van der Waals surface area (Å²) < 4.78 is 5.48. The molecule has 0 atom stereocenters. The molecule has 0 aliphatic heterocycles. The maximum absolute atomic E-state index is 12.2. The summed E-state index contributed by atoms with van der Waals surface area (Å²) >= 11 is 0. The first-order chi connectivity index (χ1) is 17.3. The summed E-state index contributed by atoms with van der Waals surface area (Å²) in [5.41, 5.74) is 1.32. The fourth-order valence-corrected chi connectivity index (χ4v) is 5.32. The minimum atomic E-state index is -0.0643. The van der Waals surface area contributed by atoms with E-state index in [1.54, 1.807) is 0 Å². The number of carbonyl (C=O) groups excluding carboxylic acids is 1. The van der Waals surface area contributed by atoms with Gasteiger partial charge in [-0.2, -0.15) is 0 Å². The van der Waals surface area contributed by atoms with Gasteiger partial charge in [0.15, 0.2) is 0 Å². The minimum Gasteiger partial charge on any atom is -0.466 e. The highest BCUT2D eigenvalue weighted by atomic mass is 16.5. The van der Waals surface area contributed by atoms with Crippen molar-refractivity contribution in [2.24, 2.45) is 0 Å². The molecule has 0 bridgehead atoms. The number of aliphatic hydroxyl groups excluding tert-OH is 1. The Labute approximate surface area is 209 Å². The van der Waals surface area contributed by atoms with E-state index in [9.17, 15) is 4.79 Å². The molecule has 0 spiro atoms. The van der Waals surface area contributed by atoms with Gasteiger partial charge >= 0.3 is 5.97 Å². The normalized spacial score (nSPS) is 11.7. The third-order valence-corrected chi connectivity index (χ3v) is 7.26. The van der Waals surface area contributed by atoms with Gasteiger partial charge in [-0.25, -0.2) is 0 Å². The van der Waals surface area contributed by atoms with Crippen molar-refractivity contribution < 1.29 is 14.6 Å². The van der Waals surface area contributed by atoms with Crippen molar-refractivity contribution in [3.8, 4) is 0 Å². The molecule has 0 saturated heterocycles. The summed E-state index contributed by atoms with van der Waals surface area (Å²) in [6.07, 6.45) is 14.0. The lowest BCUT2D eigenvalue weighted by Crippen LogP contribution is -2.06. The zero-order chi connectivity index (χ0) is 24.3. The largest absolute Gasteiger partial charge is 0.466 e. The van der Waals surface area contributed by atoms with Crippen molar-refractivity contribution in [2.45, 2.75) is 83.5 Å². The number of aliphatic hydroxyl groups is 1. The molecule has 0 saturated carbocycles. The molecule has 0 amide bonds. The number of benzene rings is 4. The number of hydrogen-bond donors (Lipinski definition) is 1. The predicted octanol–water partition coefficient (Wildman–Crippen LogP) is 8.34. The van der Waals surface area contributed by atoms with Crippen molar-refractivity contribution in [3.63, 3.8) is 0 Å². The molecular formula is C32H40O3. The summed E-state index contributed by atoms with van der Waals surface area (Å²) in [6, 6.07) is 19.8. The van der Waals surface area contributed by atoms with Crippen LogP contribution < -0.4 is 0 Å². The second-order valence-electron chi connectivity index (χ2n) is 9.91. The van der Waals surface area contributed by atoms with Crippen LogP contribution in [0.15, 0.2) is 54.6 Å². The third-order valence-electron chi connectivity index (χ3n) is 7.26. The Morgan fingerprint density at radius 3 is 1.89 bits per heavy atom. The van der Waals surface area contributed by atoms with Gasteiger partial charge in [-0.05, 0) is 63.6 Å². The topological polar surface area (TPSA) is 46.5 Å². The Hall–Kier alpha value is -2.65. The van der Waals surface area contributed by atoms with E-state index in [4.69, 9.17) is 9.84 Å². The van der Waals surface area contributed by atoms with Gasteiger partial charge in [0, 0.05) is 13.0 Å². The number of hydrogen-bond acceptors (Lipinski definition) is 3. The van der Waals surface area contributed by atoms with Crippen LogP contribution in [0.1, 0.15) is 82.6 Å². The molecule has 4 aromatic carbocycles. The van der Waals surface area contributed by atoms with Crippen molar-refractivity contribution in [1.82, 2.24) is 0 Å². The van der Waals surface area contributed by atoms with E-state index >= 15 is 0 Å². The van der Waals surface area contributed by atoms with E-state index < -0.39 is 0 Å². The number of esters is 1. The highest BCUT2D eigenvalue weighted by molar-refractivity contribution is 6.23. The second-order valence-corrected chi connectivity index (χ2v) is 9.91. The zero-order valence-corrected chi connectivity index (χ0v) is 21.1. The number of unbranched alkanes of at least 4 members (excludes halogenated alkanes) is 9. The maximum atomic E-state index is 12.2. The fraction of sp³-hybridized carbons (Fsp3) is 0.469. The molecule has 0 aromatic heterocycles. The van der Waals surface area contributed by atoms with Crippen molar-refractivity contribution in [2.75, 3.05) is 13.2 Å². The number of ether oxygens (including phenoxy) is 1. The summed E-state index contributed by atoms with van der Waals surface area (Å²) in [6.45, 7) is 0.880. The number of rotatable bonds is 16. The van der Waals surface area contributed by atoms with Gasteiger partial charge in [-0.1, -0.05) is 106 Å². The molecule has 0 heterocycles. The van der Waals surface area contributed by atoms with Crippen molar-refractivity contribution >= 4 is 38.3 Å². The average molecular weight is 473 g/mol. The quantitative estimate of drug-likeness (QED) is 0.101. The number of aryl methyl sites for hydroxylation is 1. The molecule has 0 fully saturated rings. The third kappa shape index (κ3) is 6.95. The zero-order valence-electron chi connectivity index (χ0n) is 21.1. The summed E-state index contributed by atoms with van der Waals surface area (Å²) in [7, 11) is 0. The molecule has 3 heteroatoms. The van der Waals surface area contributed by atoms with Gasteiger partial charge in [0.1, 0.15) is 0 Å². The molecule has 0 aliphatic carbocycles. The number of carbonyl (C=O) groups is 1. The highest BCUT2D eigenvalue weighted by Gasteiger charge is 2.11.